The van der Waals surface area contributed by atoms with Crippen LogP contribution in [0.15, 0.2) is 30.3 Å². The number of aliphatic hydroxyl groups excluding tert-OH is 1. The molecule has 0 amide bonds. The van der Waals surface area contributed by atoms with E-state index >= 15 is 0 Å². The van der Waals surface area contributed by atoms with Crippen LogP contribution in [0.4, 0.5) is 0 Å². The van der Waals surface area contributed by atoms with E-state index in [9.17, 15) is 5.11 Å². The first-order valence-corrected chi connectivity index (χ1v) is 7.26. The van der Waals surface area contributed by atoms with Gasteiger partial charge in [0, 0.05) is 5.56 Å². The number of hydrogen-bond acceptors (Lipinski definition) is 4. The number of aryl methyl sites for hydroxylation is 2. The molecular weight excluding hydrogens is 290 g/mol. The zero-order valence-electron chi connectivity index (χ0n) is 13.2. The Kier molecular flexibility index (Phi) is 3.77. The van der Waals surface area contributed by atoms with Crippen LogP contribution in [0.3, 0.4) is 0 Å². The van der Waals surface area contributed by atoms with Crippen molar-refractivity contribution in [3.8, 4) is 11.8 Å². The second kappa shape index (κ2) is 5.75. The summed E-state index contributed by atoms with van der Waals surface area (Å²) < 4.78 is 5.42. The van der Waals surface area contributed by atoms with Crippen LogP contribution in [-0.4, -0.2) is 22.2 Å². The highest BCUT2D eigenvalue weighted by atomic mass is 16.5. The van der Waals surface area contributed by atoms with Gasteiger partial charge in [0.2, 0.25) is 0 Å². The standard InChI is InChI=1S/C18H17N3O2/c1-10-6-11(2)16(15(7-10)23-3)17(22)18-20-13-5-4-12(9-19)8-14(13)21-18/h4-8,17,22H,1-3H3,(H,20,21). The number of methoxy groups -OCH3 is 1. The zero-order valence-corrected chi connectivity index (χ0v) is 13.2. The molecule has 0 bridgehead atoms. The van der Waals surface area contributed by atoms with Crippen molar-refractivity contribution in [1.82, 2.24) is 9.97 Å². The topological polar surface area (TPSA) is 81.9 Å². The molecule has 0 aliphatic heterocycles. The number of benzene rings is 2. The Morgan fingerprint density at radius 1 is 1.26 bits per heavy atom. The second-order valence-electron chi connectivity index (χ2n) is 5.57. The summed E-state index contributed by atoms with van der Waals surface area (Å²) >= 11 is 0. The maximum atomic E-state index is 10.8. The molecule has 0 radical (unpaired) electrons. The highest BCUT2D eigenvalue weighted by Gasteiger charge is 2.21. The molecule has 1 unspecified atom stereocenters. The number of aromatic amines is 1. The zero-order chi connectivity index (χ0) is 16.6. The van der Waals surface area contributed by atoms with Gasteiger partial charge in [-0.05, 0) is 49.2 Å². The molecule has 2 N–H and O–H groups in total. The summed E-state index contributed by atoms with van der Waals surface area (Å²) in [7, 11) is 1.59. The van der Waals surface area contributed by atoms with Crippen molar-refractivity contribution >= 4 is 11.0 Å². The first-order chi connectivity index (χ1) is 11.0. The number of hydrogen-bond donors (Lipinski definition) is 2. The van der Waals surface area contributed by atoms with Gasteiger partial charge in [0.05, 0.1) is 29.8 Å². The van der Waals surface area contributed by atoms with Gasteiger partial charge in [0.25, 0.3) is 0 Å². The van der Waals surface area contributed by atoms with E-state index < -0.39 is 6.10 Å². The Balaban J connectivity index is 2.10. The molecule has 116 valence electrons. The Hall–Kier alpha value is -2.84. The number of nitriles is 1. The third kappa shape index (κ3) is 2.65. The lowest BCUT2D eigenvalue weighted by Gasteiger charge is -2.16. The van der Waals surface area contributed by atoms with E-state index in [0.29, 0.717) is 28.2 Å². The number of ether oxygens (including phenoxy) is 1. The lowest BCUT2D eigenvalue weighted by molar-refractivity contribution is 0.205. The van der Waals surface area contributed by atoms with Crippen LogP contribution >= 0.6 is 0 Å². The number of rotatable bonds is 3. The number of fused-ring (bicyclic) bond motifs is 1. The van der Waals surface area contributed by atoms with Crippen molar-refractivity contribution in [2.24, 2.45) is 0 Å². The van der Waals surface area contributed by atoms with Crippen LogP contribution in [-0.2, 0) is 0 Å². The Labute approximate surface area is 134 Å². The molecule has 1 atom stereocenters. The molecule has 2 aromatic carbocycles. The van der Waals surface area contributed by atoms with Gasteiger partial charge in [-0.2, -0.15) is 5.26 Å². The molecule has 3 rings (SSSR count). The third-order valence-corrected chi connectivity index (χ3v) is 3.87. The highest BCUT2D eigenvalue weighted by molar-refractivity contribution is 5.77. The molecule has 0 aliphatic rings. The summed E-state index contributed by atoms with van der Waals surface area (Å²) in [6.45, 7) is 3.92. The van der Waals surface area contributed by atoms with Crippen molar-refractivity contribution in [2.45, 2.75) is 20.0 Å². The molecular formula is C18H17N3O2. The fraction of sp³-hybridized carbons (Fsp3) is 0.222. The van der Waals surface area contributed by atoms with Crippen molar-refractivity contribution in [2.75, 3.05) is 7.11 Å². The van der Waals surface area contributed by atoms with Crippen LogP contribution in [0.25, 0.3) is 11.0 Å². The minimum Gasteiger partial charge on any atom is -0.496 e. The van der Waals surface area contributed by atoms with E-state index in [1.807, 2.05) is 26.0 Å². The van der Waals surface area contributed by atoms with E-state index in [4.69, 9.17) is 10.00 Å². The minimum atomic E-state index is -0.927. The molecule has 1 heterocycles. The fourth-order valence-corrected chi connectivity index (χ4v) is 2.82. The van der Waals surface area contributed by atoms with E-state index in [1.165, 1.54) is 0 Å². The number of nitrogens with one attached hydrogen (secondary N) is 1. The first kappa shape index (κ1) is 15.1. The molecule has 3 aromatic rings. The number of H-pyrrole nitrogens is 1. The summed E-state index contributed by atoms with van der Waals surface area (Å²) in [4.78, 5) is 7.53. The predicted molar refractivity (Wildman–Crippen MR) is 87.3 cm³/mol. The largest absolute Gasteiger partial charge is 0.496 e. The SMILES string of the molecule is COc1cc(C)cc(C)c1C(O)c1nc2ccc(C#N)cc2[nH]1. The maximum absolute atomic E-state index is 10.8. The van der Waals surface area contributed by atoms with Gasteiger partial charge in [-0.15, -0.1) is 0 Å². The predicted octanol–water partition coefficient (Wildman–Crippen LogP) is 3.14. The van der Waals surface area contributed by atoms with Crippen molar-refractivity contribution in [3.05, 3.63) is 58.4 Å². The number of aromatic nitrogens is 2. The molecule has 0 saturated carbocycles. The van der Waals surface area contributed by atoms with Gasteiger partial charge in [0.1, 0.15) is 17.7 Å². The van der Waals surface area contributed by atoms with Crippen molar-refractivity contribution in [1.29, 1.82) is 5.26 Å². The molecule has 0 aliphatic carbocycles. The van der Waals surface area contributed by atoms with E-state index in [1.54, 1.807) is 25.3 Å². The van der Waals surface area contributed by atoms with Crippen LogP contribution in [0.5, 0.6) is 5.75 Å². The van der Waals surface area contributed by atoms with E-state index in [2.05, 4.69) is 16.0 Å². The molecule has 0 spiro atoms. The number of imidazole rings is 1. The normalized spacial score (nSPS) is 12.1. The van der Waals surface area contributed by atoms with Crippen molar-refractivity contribution in [3.63, 3.8) is 0 Å². The number of nitrogens with zero attached hydrogens (tertiary/aromatic N) is 2. The molecule has 1 aromatic heterocycles. The lowest BCUT2D eigenvalue weighted by Crippen LogP contribution is -2.07. The summed E-state index contributed by atoms with van der Waals surface area (Å²) in [5.41, 5.74) is 4.68. The second-order valence-corrected chi connectivity index (χ2v) is 5.57. The molecule has 0 saturated heterocycles. The molecule has 0 fully saturated rings. The Morgan fingerprint density at radius 3 is 2.74 bits per heavy atom. The first-order valence-electron chi connectivity index (χ1n) is 7.26. The van der Waals surface area contributed by atoms with Gasteiger partial charge in [-0.1, -0.05) is 6.07 Å². The van der Waals surface area contributed by atoms with Gasteiger partial charge >= 0.3 is 0 Å². The maximum Gasteiger partial charge on any atom is 0.141 e. The Bertz CT molecular complexity index is 922. The van der Waals surface area contributed by atoms with Crippen LogP contribution in [0.2, 0.25) is 0 Å². The van der Waals surface area contributed by atoms with Crippen molar-refractivity contribution < 1.29 is 9.84 Å². The fourth-order valence-electron chi connectivity index (χ4n) is 2.82. The average Bonchev–Trinajstić information content (AvgIpc) is 2.96. The van der Waals surface area contributed by atoms with Crippen LogP contribution in [0, 0.1) is 25.2 Å². The van der Waals surface area contributed by atoms with Gasteiger partial charge in [-0.3, -0.25) is 0 Å². The quantitative estimate of drug-likeness (QED) is 0.779. The van der Waals surface area contributed by atoms with Gasteiger partial charge in [-0.25, -0.2) is 4.98 Å². The molecule has 23 heavy (non-hydrogen) atoms. The van der Waals surface area contributed by atoms with Gasteiger partial charge in [0.15, 0.2) is 0 Å². The van der Waals surface area contributed by atoms with E-state index in [0.717, 1.165) is 16.6 Å². The van der Waals surface area contributed by atoms with Crippen LogP contribution in [0.1, 0.15) is 34.2 Å². The lowest BCUT2D eigenvalue weighted by atomic mass is 9.99. The minimum absolute atomic E-state index is 0.431. The van der Waals surface area contributed by atoms with Gasteiger partial charge < -0.3 is 14.8 Å². The molecule has 5 nitrogen and oxygen atoms in total. The summed E-state index contributed by atoms with van der Waals surface area (Å²) in [6.07, 6.45) is -0.927. The highest BCUT2D eigenvalue weighted by Crippen LogP contribution is 2.33. The third-order valence-electron chi connectivity index (χ3n) is 3.87. The Morgan fingerprint density at radius 2 is 2.04 bits per heavy atom. The average molecular weight is 307 g/mol. The molecule has 5 heteroatoms. The summed E-state index contributed by atoms with van der Waals surface area (Å²) in [5.74, 6) is 1.06. The monoisotopic (exact) mass is 307 g/mol. The number of aliphatic hydroxyl groups is 1. The van der Waals surface area contributed by atoms with Crippen LogP contribution < -0.4 is 4.74 Å². The smallest absolute Gasteiger partial charge is 0.141 e. The summed E-state index contributed by atoms with van der Waals surface area (Å²) in [5, 5.41) is 19.7. The summed E-state index contributed by atoms with van der Waals surface area (Å²) in [6, 6.07) is 11.2. The van der Waals surface area contributed by atoms with E-state index in [-0.39, 0.29) is 0 Å².